The van der Waals surface area contributed by atoms with Gasteiger partial charge < -0.3 is 14.5 Å². The number of fused-ring (bicyclic) bond motifs is 1. The van der Waals surface area contributed by atoms with E-state index in [0.717, 1.165) is 29.8 Å². The molecule has 2 aromatic heterocycles. The van der Waals surface area contributed by atoms with Crippen LogP contribution in [0.4, 0.5) is 5.82 Å². The van der Waals surface area contributed by atoms with Crippen LogP contribution in [0.5, 0.6) is 5.88 Å². The second-order valence-electron chi connectivity index (χ2n) is 6.33. The van der Waals surface area contributed by atoms with Crippen molar-refractivity contribution in [1.29, 1.82) is 0 Å². The monoisotopic (exact) mass is 351 g/mol. The minimum Gasteiger partial charge on any atom is -0.481 e. The van der Waals surface area contributed by atoms with Crippen LogP contribution in [-0.2, 0) is 7.05 Å². The number of aromatic nitrogens is 3. The van der Waals surface area contributed by atoms with Crippen LogP contribution in [0.3, 0.4) is 0 Å². The Hall–Kier alpha value is -3.09. The standard InChI is InChI=1S/C19H21N5O2/c1-22-19(26-2)15-7-6-14(13-16(15)21-22)18(25)24-11-9-23(10-12-24)17-5-3-4-8-20-17/h3-8,13H,9-12H2,1-2H3. The van der Waals surface area contributed by atoms with Crippen LogP contribution in [0, 0.1) is 0 Å². The largest absolute Gasteiger partial charge is 0.481 e. The third-order valence-corrected chi connectivity index (χ3v) is 4.76. The van der Waals surface area contributed by atoms with E-state index in [-0.39, 0.29) is 5.91 Å². The lowest BCUT2D eigenvalue weighted by molar-refractivity contribution is 0.0746. The number of hydrogen-bond donors (Lipinski definition) is 0. The van der Waals surface area contributed by atoms with E-state index < -0.39 is 0 Å². The molecule has 0 spiro atoms. The Morgan fingerprint density at radius 3 is 2.62 bits per heavy atom. The summed E-state index contributed by atoms with van der Waals surface area (Å²) >= 11 is 0. The summed E-state index contributed by atoms with van der Waals surface area (Å²) in [6.45, 7) is 2.92. The first-order valence-electron chi connectivity index (χ1n) is 8.63. The highest BCUT2D eigenvalue weighted by molar-refractivity contribution is 5.98. The fourth-order valence-corrected chi connectivity index (χ4v) is 3.41. The van der Waals surface area contributed by atoms with E-state index in [9.17, 15) is 4.79 Å². The molecule has 134 valence electrons. The van der Waals surface area contributed by atoms with Crippen LogP contribution in [-0.4, -0.2) is 58.9 Å². The number of pyridine rings is 1. The van der Waals surface area contributed by atoms with Crippen LogP contribution in [0.2, 0.25) is 0 Å². The number of aryl methyl sites for hydroxylation is 1. The topological polar surface area (TPSA) is 63.5 Å². The number of ether oxygens (including phenoxy) is 1. The molecule has 1 amide bonds. The molecule has 1 saturated heterocycles. The average molecular weight is 351 g/mol. The van der Waals surface area contributed by atoms with Gasteiger partial charge in [-0.3, -0.25) is 4.79 Å². The Bertz CT molecular complexity index is 930. The van der Waals surface area contributed by atoms with Gasteiger partial charge in [-0.25, -0.2) is 9.67 Å². The van der Waals surface area contributed by atoms with Crippen LogP contribution < -0.4 is 9.64 Å². The Labute approximate surface area is 151 Å². The van der Waals surface area contributed by atoms with Crippen molar-refractivity contribution in [3.8, 4) is 5.88 Å². The second-order valence-corrected chi connectivity index (χ2v) is 6.33. The molecule has 7 nitrogen and oxygen atoms in total. The number of carbonyl (C=O) groups excluding carboxylic acids is 1. The van der Waals surface area contributed by atoms with E-state index in [4.69, 9.17) is 4.74 Å². The zero-order valence-electron chi connectivity index (χ0n) is 14.9. The molecular weight excluding hydrogens is 330 g/mol. The van der Waals surface area contributed by atoms with Crippen molar-refractivity contribution in [1.82, 2.24) is 19.7 Å². The van der Waals surface area contributed by atoms with E-state index >= 15 is 0 Å². The molecule has 3 aromatic rings. The molecule has 0 unspecified atom stereocenters. The summed E-state index contributed by atoms with van der Waals surface area (Å²) in [6, 6.07) is 11.5. The van der Waals surface area contributed by atoms with E-state index in [0.29, 0.717) is 24.5 Å². The van der Waals surface area contributed by atoms with Crippen LogP contribution in [0.15, 0.2) is 42.6 Å². The molecule has 0 saturated carbocycles. The van der Waals surface area contributed by atoms with Gasteiger partial charge in [-0.05, 0) is 30.3 Å². The molecule has 3 heterocycles. The van der Waals surface area contributed by atoms with E-state index in [1.807, 2.05) is 48.3 Å². The molecular formula is C19H21N5O2. The molecule has 0 bridgehead atoms. The number of amides is 1. The van der Waals surface area contributed by atoms with E-state index in [2.05, 4.69) is 15.0 Å². The summed E-state index contributed by atoms with van der Waals surface area (Å²) in [4.78, 5) is 21.4. The van der Waals surface area contributed by atoms with Crippen LogP contribution in [0.1, 0.15) is 10.4 Å². The number of rotatable bonds is 3. The first kappa shape index (κ1) is 16.4. The first-order chi connectivity index (χ1) is 12.7. The van der Waals surface area contributed by atoms with Gasteiger partial charge in [0, 0.05) is 45.0 Å². The van der Waals surface area contributed by atoms with Crippen LogP contribution in [0.25, 0.3) is 10.9 Å². The highest BCUT2D eigenvalue weighted by Gasteiger charge is 2.23. The molecule has 0 radical (unpaired) electrons. The quantitative estimate of drug-likeness (QED) is 0.722. The maximum absolute atomic E-state index is 12.9. The van der Waals surface area contributed by atoms with Crippen LogP contribution >= 0.6 is 0 Å². The van der Waals surface area contributed by atoms with Crippen molar-refractivity contribution in [3.63, 3.8) is 0 Å². The van der Waals surface area contributed by atoms with Crippen molar-refractivity contribution in [2.45, 2.75) is 0 Å². The minimum absolute atomic E-state index is 0.0391. The first-order valence-corrected chi connectivity index (χ1v) is 8.63. The van der Waals surface area contributed by atoms with Gasteiger partial charge in [0.25, 0.3) is 5.91 Å². The molecule has 0 atom stereocenters. The normalized spacial score (nSPS) is 14.7. The highest BCUT2D eigenvalue weighted by Crippen LogP contribution is 2.26. The number of methoxy groups -OCH3 is 1. The Morgan fingerprint density at radius 1 is 1.12 bits per heavy atom. The van der Waals surface area contributed by atoms with Crippen molar-refractivity contribution < 1.29 is 9.53 Å². The third-order valence-electron chi connectivity index (χ3n) is 4.76. The maximum atomic E-state index is 12.9. The summed E-state index contributed by atoms with van der Waals surface area (Å²) < 4.78 is 7.05. The number of hydrogen-bond acceptors (Lipinski definition) is 5. The molecule has 7 heteroatoms. The smallest absolute Gasteiger partial charge is 0.254 e. The van der Waals surface area contributed by atoms with Gasteiger partial charge in [0.2, 0.25) is 5.88 Å². The van der Waals surface area contributed by atoms with Gasteiger partial charge in [0.15, 0.2) is 0 Å². The van der Waals surface area contributed by atoms with Gasteiger partial charge in [-0.2, -0.15) is 5.10 Å². The molecule has 0 aliphatic carbocycles. The van der Waals surface area contributed by atoms with Gasteiger partial charge in [0.05, 0.1) is 18.0 Å². The van der Waals surface area contributed by atoms with Gasteiger partial charge >= 0.3 is 0 Å². The zero-order chi connectivity index (χ0) is 18.1. The Balaban J connectivity index is 1.49. The lowest BCUT2D eigenvalue weighted by Gasteiger charge is -2.35. The van der Waals surface area contributed by atoms with E-state index in [1.54, 1.807) is 18.0 Å². The van der Waals surface area contributed by atoms with Gasteiger partial charge in [-0.15, -0.1) is 0 Å². The Kier molecular flexibility index (Phi) is 4.20. The van der Waals surface area contributed by atoms with Crippen molar-refractivity contribution >= 4 is 22.6 Å². The average Bonchev–Trinajstić information content (AvgIpc) is 3.02. The molecule has 1 aromatic carbocycles. The summed E-state index contributed by atoms with van der Waals surface area (Å²) in [5, 5.41) is 5.34. The van der Waals surface area contributed by atoms with Gasteiger partial charge in [-0.1, -0.05) is 6.07 Å². The van der Waals surface area contributed by atoms with Gasteiger partial charge in [0.1, 0.15) is 5.82 Å². The number of benzene rings is 1. The van der Waals surface area contributed by atoms with Crippen molar-refractivity contribution in [3.05, 3.63) is 48.2 Å². The van der Waals surface area contributed by atoms with Crippen molar-refractivity contribution in [2.75, 3.05) is 38.2 Å². The minimum atomic E-state index is 0.0391. The maximum Gasteiger partial charge on any atom is 0.254 e. The number of anilines is 1. The number of piperazine rings is 1. The number of carbonyl (C=O) groups is 1. The SMILES string of the molecule is COc1c2ccc(C(=O)N3CCN(c4ccccn4)CC3)cc2nn1C. The van der Waals surface area contributed by atoms with E-state index in [1.165, 1.54) is 0 Å². The van der Waals surface area contributed by atoms with Crippen molar-refractivity contribution in [2.24, 2.45) is 7.05 Å². The predicted octanol–water partition coefficient (Wildman–Crippen LogP) is 1.94. The fourth-order valence-electron chi connectivity index (χ4n) is 3.41. The molecule has 1 fully saturated rings. The lowest BCUT2D eigenvalue weighted by atomic mass is 10.1. The fraction of sp³-hybridized carbons (Fsp3) is 0.316. The summed E-state index contributed by atoms with van der Waals surface area (Å²) in [5.41, 5.74) is 1.42. The summed E-state index contributed by atoms with van der Waals surface area (Å²) in [5.74, 6) is 1.70. The zero-order valence-corrected chi connectivity index (χ0v) is 14.9. The predicted molar refractivity (Wildman–Crippen MR) is 99.6 cm³/mol. The third kappa shape index (κ3) is 2.85. The highest BCUT2D eigenvalue weighted by atomic mass is 16.5. The molecule has 1 aliphatic heterocycles. The number of nitrogens with zero attached hydrogens (tertiary/aromatic N) is 5. The second kappa shape index (κ2) is 6.67. The molecule has 0 N–H and O–H groups in total. The summed E-state index contributed by atoms with van der Waals surface area (Å²) in [7, 11) is 3.45. The molecule has 4 rings (SSSR count). The molecule has 1 aliphatic rings. The summed E-state index contributed by atoms with van der Waals surface area (Å²) in [6.07, 6.45) is 1.79. The lowest BCUT2D eigenvalue weighted by Crippen LogP contribution is -2.49. The molecule has 26 heavy (non-hydrogen) atoms. The Morgan fingerprint density at radius 2 is 1.92 bits per heavy atom.